The highest BCUT2D eigenvalue weighted by molar-refractivity contribution is 7.10. The largest absolute Gasteiger partial charge is 0.497 e. The van der Waals surface area contributed by atoms with Crippen LogP contribution in [-0.4, -0.2) is 29.0 Å². The Bertz CT molecular complexity index is 922. The minimum Gasteiger partial charge on any atom is -0.497 e. The van der Waals surface area contributed by atoms with Crippen molar-refractivity contribution in [1.82, 2.24) is 9.36 Å². The van der Waals surface area contributed by atoms with Gasteiger partial charge in [-0.3, -0.25) is 4.79 Å². The maximum Gasteiger partial charge on any atom is 0.229 e. The number of fused-ring (bicyclic) bond motifs is 1. The van der Waals surface area contributed by atoms with Crippen molar-refractivity contribution in [2.75, 3.05) is 19.0 Å². The van der Waals surface area contributed by atoms with E-state index in [9.17, 15) is 4.79 Å². The molecule has 0 saturated heterocycles. The fraction of sp³-hybridized carbons (Fsp3) is 0.278. The summed E-state index contributed by atoms with van der Waals surface area (Å²) in [6.07, 6.45) is 1.02. The van der Waals surface area contributed by atoms with E-state index in [1.54, 1.807) is 18.4 Å². The van der Waals surface area contributed by atoms with Crippen LogP contribution in [0.4, 0.5) is 5.13 Å². The Morgan fingerprint density at radius 2 is 2.35 bits per heavy atom. The van der Waals surface area contributed by atoms with Gasteiger partial charge < -0.3 is 14.8 Å². The number of nitrogens with zero attached hydrogens (tertiary/aromatic N) is 2. The minimum atomic E-state index is -0.176. The third kappa shape index (κ3) is 3.62. The second kappa shape index (κ2) is 7.53. The van der Waals surface area contributed by atoms with E-state index in [2.05, 4.69) is 26.1 Å². The molecular formula is C18H17N3O3S2. The lowest BCUT2D eigenvalue weighted by Gasteiger charge is -2.22. The predicted octanol–water partition coefficient (Wildman–Crippen LogP) is 3.92. The number of carbonyl (C=O) groups is 1. The van der Waals surface area contributed by atoms with E-state index < -0.39 is 0 Å². The first kappa shape index (κ1) is 17.1. The summed E-state index contributed by atoms with van der Waals surface area (Å²) >= 11 is 2.81. The summed E-state index contributed by atoms with van der Waals surface area (Å²) in [5.41, 5.74) is 2.13. The molecular weight excluding hydrogens is 370 g/mol. The average molecular weight is 387 g/mol. The molecule has 1 aliphatic heterocycles. The molecule has 0 fully saturated rings. The molecule has 0 saturated carbocycles. The predicted molar refractivity (Wildman–Crippen MR) is 102 cm³/mol. The standard InChI is InChI=1S/C18H17N3O3S2/c1-23-13-4-2-3-12(9-13)17-20-18(26-21-17)19-15(22)10-14-16-11(5-7-24-14)6-8-25-16/h2-4,6,8-9,14H,5,7,10H2,1H3,(H,19,20,21,22)/t14-/m0/s1. The molecule has 1 N–H and O–H groups in total. The van der Waals surface area contributed by atoms with Crippen LogP contribution >= 0.6 is 22.9 Å². The molecule has 134 valence electrons. The van der Waals surface area contributed by atoms with E-state index in [4.69, 9.17) is 9.47 Å². The molecule has 0 radical (unpaired) electrons. The van der Waals surface area contributed by atoms with E-state index in [1.165, 1.54) is 5.56 Å². The van der Waals surface area contributed by atoms with Gasteiger partial charge in [0.25, 0.3) is 0 Å². The molecule has 2 aromatic heterocycles. The van der Waals surface area contributed by atoms with Crippen molar-refractivity contribution in [2.24, 2.45) is 0 Å². The molecule has 0 spiro atoms. The monoisotopic (exact) mass is 387 g/mol. The van der Waals surface area contributed by atoms with Gasteiger partial charge in [0.05, 0.1) is 20.1 Å². The average Bonchev–Trinajstić information content (AvgIpc) is 3.31. The number of nitrogens with one attached hydrogen (secondary N) is 1. The van der Waals surface area contributed by atoms with Gasteiger partial charge >= 0.3 is 0 Å². The number of thiophene rings is 1. The molecule has 1 aromatic carbocycles. The van der Waals surface area contributed by atoms with Gasteiger partial charge in [0.2, 0.25) is 11.0 Å². The summed E-state index contributed by atoms with van der Waals surface area (Å²) in [6.45, 7) is 0.653. The number of benzene rings is 1. The third-order valence-electron chi connectivity index (χ3n) is 4.13. The van der Waals surface area contributed by atoms with Crippen molar-refractivity contribution in [1.29, 1.82) is 0 Å². The minimum absolute atomic E-state index is 0.121. The number of amides is 1. The molecule has 4 rings (SSSR count). The highest BCUT2D eigenvalue weighted by Crippen LogP contribution is 2.34. The Kier molecular flexibility index (Phi) is 4.96. The van der Waals surface area contributed by atoms with Crippen molar-refractivity contribution >= 4 is 33.9 Å². The molecule has 1 amide bonds. The molecule has 6 nitrogen and oxygen atoms in total. The Morgan fingerprint density at radius 1 is 1.42 bits per heavy atom. The van der Waals surface area contributed by atoms with Gasteiger partial charge in [-0.15, -0.1) is 11.3 Å². The molecule has 26 heavy (non-hydrogen) atoms. The van der Waals surface area contributed by atoms with E-state index >= 15 is 0 Å². The molecule has 0 unspecified atom stereocenters. The lowest BCUT2D eigenvalue weighted by Crippen LogP contribution is -2.21. The highest BCUT2D eigenvalue weighted by Gasteiger charge is 2.25. The SMILES string of the molecule is COc1cccc(-c2nsc(NC(=O)C[C@@H]3OCCc4ccsc43)n2)c1. The summed E-state index contributed by atoms with van der Waals surface area (Å²) < 4.78 is 15.3. The summed E-state index contributed by atoms with van der Waals surface area (Å²) in [6, 6.07) is 9.62. The van der Waals surface area contributed by atoms with Gasteiger partial charge in [0.1, 0.15) is 11.9 Å². The highest BCUT2D eigenvalue weighted by atomic mass is 32.1. The van der Waals surface area contributed by atoms with Crippen LogP contribution < -0.4 is 10.1 Å². The topological polar surface area (TPSA) is 73.3 Å². The molecule has 3 aromatic rings. The lowest BCUT2D eigenvalue weighted by molar-refractivity contribution is -0.119. The zero-order valence-corrected chi connectivity index (χ0v) is 15.7. The molecule has 0 bridgehead atoms. The Labute approximate surface area is 159 Å². The first-order valence-electron chi connectivity index (χ1n) is 8.19. The van der Waals surface area contributed by atoms with E-state index in [0.29, 0.717) is 17.6 Å². The van der Waals surface area contributed by atoms with Gasteiger partial charge in [-0.1, -0.05) is 12.1 Å². The van der Waals surface area contributed by atoms with Crippen LogP contribution in [0, 0.1) is 0 Å². The number of methoxy groups -OCH3 is 1. The number of aromatic nitrogens is 2. The van der Waals surface area contributed by atoms with Gasteiger partial charge in [-0.05, 0) is 35.6 Å². The molecule has 0 aliphatic carbocycles. The molecule has 8 heteroatoms. The van der Waals surface area contributed by atoms with E-state index in [-0.39, 0.29) is 18.4 Å². The lowest BCUT2D eigenvalue weighted by atomic mass is 10.1. The maximum absolute atomic E-state index is 12.4. The van der Waals surface area contributed by atoms with Crippen LogP contribution in [0.5, 0.6) is 5.75 Å². The second-order valence-corrected chi connectivity index (χ2v) is 7.53. The van der Waals surface area contributed by atoms with Crippen LogP contribution in [0.2, 0.25) is 0 Å². The summed E-state index contributed by atoms with van der Waals surface area (Å²) in [5, 5.41) is 5.36. The summed E-state index contributed by atoms with van der Waals surface area (Å²) in [5.74, 6) is 1.19. The van der Waals surface area contributed by atoms with Crippen molar-refractivity contribution in [3.63, 3.8) is 0 Å². The van der Waals surface area contributed by atoms with Gasteiger partial charge in [-0.2, -0.15) is 9.36 Å². The van der Waals surface area contributed by atoms with Crippen LogP contribution in [0.1, 0.15) is 23.0 Å². The quantitative estimate of drug-likeness (QED) is 0.718. The number of rotatable bonds is 5. The Balaban J connectivity index is 1.42. The number of hydrogen-bond acceptors (Lipinski definition) is 7. The Morgan fingerprint density at radius 3 is 3.23 bits per heavy atom. The first-order chi connectivity index (χ1) is 12.7. The fourth-order valence-corrected chi connectivity index (χ4v) is 4.48. The van der Waals surface area contributed by atoms with Crippen molar-refractivity contribution < 1.29 is 14.3 Å². The molecule has 3 heterocycles. The van der Waals surface area contributed by atoms with Gasteiger partial charge in [0, 0.05) is 22.0 Å². The number of anilines is 1. The van der Waals surface area contributed by atoms with Crippen molar-refractivity contribution in [3.05, 3.63) is 46.2 Å². The van der Waals surface area contributed by atoms with Crippen LogP contribution in [0.25, 0.3) is 11.4 Å². The van der Waals surface area contributed by atoms with Crippen LogP contribution in [0.15, 0.2) is 35.7 Å². The first-order valence-corrected chi connectivity index (χ1v) is 9.84. The van der Waals surface area contributed by atoms with E-state index in [0.717, 1.165) is 34.1 Å². The van der Waals surface area contributed by atoms with Gasteiger partial charge in [0.15, 0.2) is 5.82 Å². The van der Waals surface area contributed by atoms with Crippen molar-refractivity contribution in [2.45, 2.75) is 18.9 Å². The smallest absolute Gasteiger partial charge is 0.229 e. The van der Waals surface area contributed by atoms with Crippen LogP contribution in [0.3, 0.4) is 0 Å². The molecule has 1 atom stereocenters. The zero-order chi connectivity index (χ0) is 17.9. The van der Waals surface area contributed by atoms with Gasteiger partial charge in [-0.25, -0.2) is 0 Å². The van der Waals surface area contributed by atoms with E-state index in [1.807, 2.05) is 24.3 Å². The second-order valence-electron chi connectivity index (χ2n) is 5.83. The maximum atomic E-state index is 12.4. The third-order valence-corrected chi connectivity index (χ3v) is 5.82. The zero-order valence-electron chi connectivity index (χ0n) is 14.1. The molecule has 1 aliphatic rings. The van der Waals surface area contributed by atoms with Crippen LogP contribution in [-0.2, 0) is 16.0 Å². The summed E-state index contributed by atoms with van der Waals surface area (Å²) in [4.78, 5) is 17.9. The normalized spacial score (nSPS) is 16.1. The summed E-state index contributed by atoms with van der Waals surface area (Å²) in [7, 11) is 1.62. The number of carbonyl (C=O) groups excluding carboxylic acids is 1. The van der Waals surface area contributed by atoms with Crippen molar-refractivity contribution in [3.8, 4) is 17.1 Å². The number of ether oxygens (including phenoxy) is 2. The Hall–Kier alpha value is -2.29. The number of hydrogen-bond donors (Lipinski definition) is 1. The fourth-order valence-electron chi connectivity index (χ4n) is 2.87.